The SMILES string of the molecule is CCC(F)(C(=O)O)C(F)(F)F. The molecule has 1 atom stereocenters. The van der Waals surface area contributed by atoms with Crippen LogP contribution in [0.1, 0.15) is 13.3 Å². The van der Waals surface area contributed by atoms with Gasteiger partial charge in [-0.15, -0.1) is 0 Å². The molecule has 1 unspecified atom stereocenters. The van der Waals surface area contributed by atoms with Gasteiger partial charge in [-0.2, -0.15) is 13.2 Å². The van der Waals surface area contributed by atoms with Crippen molar-refractivity contribution in [2.24, 2.45) is 0 Å². The van der Waals surface area contributed by atoms with Crippen molar-refractivity contribution in [2.75, 3.05) is 0 Å². The maximum Gasteiger partial charge on any atom is 0.433 e. The smallest absolute Gasteiger partial charge is 0.433 e. The quantitative estimate of drug-likeness (QED) is 0.647. The topological polar surface area (TPSA) is 37.3 Å². The van der Waals surface area contributed by atoms with Gasteiger partial charge in [-0.05, 0) is 6.42 Å². The van der Waals surface area contributed by atoms with E-state index in [0.29, 0.717) is 0 Å². The summed E-state index contributed by atoms with van der Waals surface area (Å²) in [6, 6.07) is 0. The van der Waals surface area contributed by atoms with Gasteiger partial charge < -0.3 is 5.11 Å². The zero-order valence-electron chi connectivity index (χ0n) is 5.57. The number of alkyl halides is 4. The second-order valence-electron chi connectivity index (χ2n) is 1.96. The monoisotopic (exact) mass is 174 g/mol. The third-order valence-corrected chi connectivity index (χ3v) is 1.28. The first-order valence-electron chi connectivity index (χ1n) is 2.74. The normalized spacial score (nSPS) is 17.5. The lowest BCUT2D eigenvalue weighted by atomic mass is 10.0. The molecule has 11 heavy (non-hydrogen) atoms. The fraction of sp³-hybridized carbons (Fsp3) is 0.800. The molecule has 0 radical (unpaired) electrons. The summed E-state index contributed by atoms with van der Waals surface area (Å²) in [6.45, 7) is 0.821. The Morgan fingerprint density at radius 2 is 1.73 bits per heavy atom. The highest BCUT2D eigenvalue weighted by atomic mass is 19.4. The number of hydrogen-bond acceptors (Lipinski definition) is 1. The lowest BCUT2D eigenvalue weighted by molar-refractivity contribution is -0.236. The molecule has 0 aromatic heterocycles. The van der Waals surface area contributed by atoms with E-state index in [1.54, 1.807) is 0 Å². The van der Waals surface area contributed by atoms with Gasteiger partial charge in [0, 0.05) is 0 Å². The molecule has 0 heterocycles. The van der Waals surface area contributed by atoms with Gasteiger partial charge in [0.15, 0.2) is 0 Å². The molecule has 66 valence electrons. The van der Waals surface area contributed by atoms with E-state index >= 15 is 0 Å². The number of carboxylic acid groups (broad SMARTS) is 1. The fourth-order valence-electron chi connectivity index (χ4n) is 0.473. The Bertz CT molecular complexity index is 164. The Morgan fingerprint density at radius 1 is 1.36 bits per heavy atom. The van der Waals surface area contributed by atoms with E-state index in [0.717, 1.165) is 6.92 Å². The van der Waals surface area contributed by atoms with Crippen LogP contribution < -0.4 is 0 Å². The van der Waals surface area contributed by atoms with Crippen LogP contribution >= 0.6 is 0 Å². The lowest BCUT2D eigenvalue weighted by Gasteiger charge is -2.21. The van der Waals surface area contributed by atoms with Crippen LogP contribution in [0, 0.1) is 0 Å². The number of hydrogen-bond donors (Lipinski definition) is 1. The minimum atomic E-state index is -5.34. The molecule has 0 fully saturated rings. The zero-order chi connectivity index (χ0) is 9.28. The van der Waals surface area contributed by atoms with Crippen molar-refractivity contribution >= 4 is 5.97 Å². The van der Waals surface area contributed by atoms with Crippen molar-refractivity contribution in [3.05, 3.63) is 0 Å². The van der Waals surface area contributed by atoms with Crippen LogP contribution in [0.5, 0.6) is 0 Å². The van der Waals surface area contributed by atoms with Crippen molar-refractivity contribution in [2.45, 2.75) is 25.2 Å². The molecule has 0 saturated carbocycles. The Labute approximate surface area is 59.8 Å². The van der Waals surface area contributed by atoms with Crippen molar-refractivity contribution in [3.8, 4) is 0 Å². The van der Waals surface area contributed by atoms with E-state index in [2.05, 4.69) is 0 Å². The molecule has 0 spiro atoms. The van der Waals surface area contributed by atoms with Gasteiger partial charge in [-0.1, -0.05) is 6.92 Å². The summed E-state index contributed by atoms with van der Waals surface area (Å²) in [5.41, 5.74) is -4.10. The predicted octanol–water partition coefficient (Wildman–Crippen LogP) is 1.75. The molecule has 0 aliphatic carbocycles. The highest BCUT2D eigenvalue weighted by Crippen LogP contribution is 2.36. The number of rotatable bonds is 2. The first-order chi connectivity index (χ1) is 4.75. The molecule has 0 aromatic rings. The van der Waals surface area contributed by atoms with Crippen LogP contribution in [0.4, 0.5) is 17.6 Å². The van der Waals surface area contributed by atoms with E-state index in [1.165, 1.54) is 0 Å². The second kappa shape index (κ2) is 2.67. The fourth-order valence-corrected chi connectivity index (χ4v) is 0.473. The molecular weight excluding hydrogens is 168 g/mol. The first-order valence-corrected chi connectivity index (χ1v) is 2.74. The van der Waals surface area contributed by atoms with Gasteiger partial charge in [0.05, 0.1) is 0 Å². The van der Waals surface area contributed by atoms with Crippen LogP contribution in [0.15, 0.2) is 0 Å². The third-order valence-electron chi connectivity index (χ3n) is 1.28. The highest BCUT2D eigenvalue weighted by Gasteiger charge is 2.60. The van der Waals surface area contributed by atoms with E-state index in [4.69, 9.17) is 5.11 Å². The van der Waals surface area contributed by atoms with Crippen molar-refractivity contribution in [1.29, 1.82) is 0 Å². The summed E-state index contributed by atoms with van der Waals surface area (Å²) >= 11 is 0. The summed E-state index contributed by atoms with van der Waals surface area (Å²) in [4.78, 5) is 9.80. The molecule has 2 nitrogen and oxygen atoms in total. The van der Waals surface area contributed by atoms with Gasteiger partial charge in [0.1, 0.15) is 0 Å². The Morgan fingerprint density at radius 3 is 1.73 bits per heavy atom. The summed E-state index contributed by atoms with van der Waals surface area (Å²) < 4.78 is 47.2. The average Bonchev–Trinajstić information content (AvgIpc) is 1.83. The Balaban J connectivity index is 4.75. The maximum atomic E-state index is 12.4. The van der Waals surface area contributed by atoms with E-state index in [-0.39, 0.29) is 0 Å². The summed E-state index contributed by atoms with van der Waals surface area (Å²) in [5, 5.41) is 7.87. The van der Waals surface area contributed by atoms with Crippen LogP contribution in [0.2, 0.25) is 0 Å². The van der Waals surface area contributed by atoms with E-state index in [9.17, 15) is 22.4 Å². The standard InChI is InChI=1S/C5H6F4O2/c1-2-4(6,3(10)11)5(7,8)9/h2H2,1H3,(H,10,11). The van der Waals surface area contributed by atoms with Crippen LogP contribution in [0.25, 0.3) is 0 Å². The maximum absolute atomic E-state index is 12.4. The van der Waals surface area contributed by atoms with Gasteiger partial charge in [-0.3, -0.25) is 0 Å². The van der Waals surface area contributed by atoms with E-state index < -0.39 is 24.2 Å². The molecular formula is C5H6F4O2. The molecule has 0 rings (SSSR count). The third kappa shape index (κ3) is 1.61. The molecule has 0 aromatic carbocycles. The second-order valence-corrected chi connectivity index (χ2v) is 1.96. The number of halogens is 4. The van der Waals surface area contributed by atoms with Crippen molar-refractivity contribution in [1.82, 2.24) is 0 Å². The lowest BCUT2D eigenvalue weighted by Crippen LogP contribution is -2.47. The van der Waals surface area contributed by atoms with E-state index in [1.807, 2.05) is 0 Å². The van der Waals surface area contributed by atoms with Gasteiger partial charge in [0.2, 0.25) is 0 Å². The molecule has 0 bridgehead atoms. The molecule has 0 aliphatic rings. The molecule has 6 heteroatoms. The number of carbonyl (C=O) groups is 1. The zero-order valence-corrected chi connectivity index (χ0v) is 5.57. The molecule has 0 saturated heterocycles. The van der Waals surface area contributed by atoms with Crippen LogP contribution in [-0.4, -0.2) is 22.9 Å². The Kier molecular flexibility index (Phi) is 2.47. The largest absolute Gasteiger partial charge is 0.479 e. The molecule has 0 aliphatic heterocycles. The summed E-state index contributed by atoms with van der Waals surface area (Å²) in [6.07, 6.45) is -6.46. The van der Waals surface area contributed by atoms with Gasteiger partial charge >= 0.3 is 12.1 Å². The number of aliphatic carboxylic acids is 1. The van der Waals surface area contributed by atoms with Gasteiger partial charge in [0.25, 0.3) is 5.67 Å². The average molecular weight is 174 g/mol. The number of carboxylic acids is 1. The van der Waals surface area contributed by atoms with Crippen molar-refractivity contribution in [3.63, 3.8) is 0 Å². The van der Waals surface area contributed by atoms with Crippen LogP contribution in [0.3, 0.4) is 0 Å². The summed E-state index contributed by atoms with van der Waals surface area (Å²) in [5.74, 6) is -2.49. The molecule has 0 amide bonds. The van der Waals surface area contributed by atoms with Crippen LogP contribution in [-0.2, 0) is 4.79 Å². The minimum absolute atomic E-state index is 0.821. The Hall–Kier alpha value is -0.810. The first kappa shape index (κ1) is 10.2. The molecule has 1 N–H and O–H groups in total. The predicted molar refractivity (Wildman–Crippen MR) is 27.8 cm³/mol. The minimum Gasteiger partial charge on any atom is -0.479 e. The van der Waals surface area contributed by atoms with Gasteiger partial charge in [-0.25, -0.2) is 9.18 Å². The summed E-state index contributed by atoms with van der Waals surface area (Å²) in [7, 11) is 0. The van der Waals surface area contributed by atoms with Crippen molar-refractivity contribution < 1.29 is 27.5 Å². The highest BCUT2D eigenvalue weighted by molar-refractivity contribution is 5.78.